The first-order valence-electron chi connectivity index (χ1n) is 9.48. The van der Waals surface area contributed by atoms with Crippen LogP contribution in [-0.2, 0) is 13.0 Å². The highest BCUT2D eigenvalue weighted by molar-refractivity contribution is 5.74. The molecule has 1 atom stereocenters. The fraction of sp³-hybridized carbons (Fsp3) is 0.273. The lowest BCUT2D eigenvalue weighted by molar-refractivity contribution is 0.214. The van der Waals surface area contributed by atoms with Gasteiger partial charge in [-0.15, -0.1) is 0 Å². The van der Waals surface area contributed by atoms with Crippen LogP contribution in [0.15, 0.2) is 54.6 Å². The lowest BCUT2D eigenvalue weighted by Gasteiger charge is -2.13. The second-order valence-corrected chi connectivity index (χ2v) is 7.01. The number of ether oxygens (including phenoxy) is 1. The van der Waals surface area contributed by atoms with Gasteiger partial charge in [-0.3, -0.25) is 0 Å². The summed E-state index contributed by atoms with van der Waals surface area (Å²) in [4.78, 5) is 12.2. The van der Waals surface area contributed by atoms with Crippen molar-refractivity contribution in [3.05, 3.63) is 77.1 Å². The van der Waals surface area contributed by atoms with Crippen molar-refractivity contribution >= 4 is 6.03 Å². The Labute approximate surface area is 164 Å². The quantitative estimate of drug-likeness (QED) is 0.718. The molecule has 6 heteroatoms. The van der Waals surface area contributed by atoms with Gasteiger partial charge >= 0.3 is 6.03 Å². The van der Waals surface area contributed by atoms with Gasteiger partial charge in [-0.2, -0.15) is 5.10 Å². The fourth-order valence-electron chi connectivity index (χ4n) is 3.56. The molecule has 0 saturated carbocycles. The number of fused-ring (bicyclic) bond motifs is 1. The molecule has 2 heterocycles. The van der Waals surface area contributed by atoms with Gasteiger partial charge in [0, 0.05) is 24.2 Å². The number of aromatic nitrogens is 2. The Morgan fingerprint density at radius 2 is 1.86 bits per heavy atom. The summed E-state index contributed by atoms with van der Waals surface area (Å²) >= 11 is 0. The Bertz CT molecular complexity index is 956. The molecule has 3 aromatic rings. The highest BCUT2D eigenvalue weighted by Crippen LogP contribution is 2.27. The normalized spacial score (nSPS) is 15.0. The Balaban J connectivity index is 1.31. The molecule has 0 fully saturated rings. The van der Waals surface area contributed by atoms with E-state index in [-0.39, 0.29) is 12.1 Å². The summed E-state index contributed by atoms with van der Waals surface area (Å²) in [5, 5.41) is 10.5. The number of nitrogens with one attached hydrogen (secondary N) is 2. The van der Waals surface area contributed by atoms with Gasteiger partial charge < -0.3 is 15.4 Å². The fourth-order valence-corrected chi connectivity index (χ4v) is 3.56. The van der Waals surface area contributed by atoms with Crippen LogP contribution in [0.5, 0.6) is 5.75 Å². The van der Waals surface area contributed by atoms with Crippen LogP contribution in [0.2, 0.25) is 0 Å². The highest BCUT2D eigenvalue weighted by Gasteiger charge is 2.22. The minimum absolute atomic E-state index is 0.0209. The predicted octanol–water partition coefficient (Wildman–Crippen LogP) is 3.29. The van der Waals surface area contributed by atoms with E-state index in [9.17, 15) is 4.79 Å². The Morgan fingerprint density at radius 1 is 1.11 bits per heavy atom. The third-order valence-corrected chi connectivity index (χ3v) is 5.07. The maximum absolute atomic E-state index is 12.2. The summed E-state index contributed by atoms with van der Waals surface area (Å²) in [5.74, 6) is 0.911. The average Bonchev–Trinajstić information content (AvgIpc) is 3.26. The summed E-state index contributed by atoms with van der Waals surface area (Å²) in [6.45, 7) is 4.89. The van der Waals surface area contributed by atoms with E-state index in [1.807, 2.05) is 67.1 Å². The molecule has 0 radical (unpaired) electrons. The molecule has 1 aliphatic heterocycles. The molecule has 4 rings (SSSR count). The first-order chi connectivity index (χ1) is 13.6. The third kappa shape index (κ3) is 3.71. The standard InChI is InChI=1S/C22H24N4O2/c1-15-20(16(2)26(25-15)18-9-4-3-5-10-18)14-24-22(27)23-13-19-12-17-8-6-7-11-21(17)28-19/h3-11,19H,12-14H2,1-2H3,(H2,23,24,27). The van der Waals surface area contributed by atoms with E-state index in [1.165, 1.54) is 5.56 Å². The molecule has 1 aliphatic rings. The highest BCUT2D eigenvalue weighted by atomic mass is 16.5. The molecule has 0 spiro atoms. The van der Waals surface area contributed by atoms with Crippen LogP contribution in [0.25, 0.3) is 5.69 Å². The number of benzene rings is 2. The molecule has 2 aromatic carbocycles. The molecular weight excluding hydrogens is 352 g/mol. The monoisotopic (exact) mass is 376 g/mol. The lowest BCUT2D eigenvalue weighted by atomic mass is 10.1. The molecule has 2 amide bonds. The SMILES string of the molecule is Cc1nn(-c2ccccc2)c(C)c1CNC(=O)NCC1Cc2ccccc2O1. The molecule has 1 unspecified atom stereocenters. The zero-order valence-corrected chi connectivity index (χ0v) is 16.1. The summed E-state index contributed by atoms with van der Waals surface area (Å²) < 4.78 is 7.77. The predicted molar refractivity (Wildman–Crippen MR) is 108 cm³/mol. The van der Waals surface area contributed by atoms with Gasteiger partial charge in [0.05, 0.1) is 17.9 Å². The van der Waals surface area contributed by atoms with Gasteiger partial charge in [0.2, 0.25) is 0 Å². The van der Waals surface area contributed by atoms with Gasteiger partial charge in [-0.25, -0.2) is 9.48 Å². The summed E-state index contributed by atoms with van der Waals surface area (Å²) in [6.07, 6.45) is 0.797. The summed E-state index contributed by atoms with van der Waals surface area (Å²) in [7, 11) is 0. The number of urea groups is 1. The molecular formula is C22H24N4O2. The van der Waals surface area contributed by atoms with Crippen molar-refractivity contribution in [1.29, 1.82) is 0 Å². The number of nitrogens with zero attached hydrogens (tertiary/aromatic N) is 2. The number of aryl methyl sites for hydroxylation is 1. The van der Waals surface area contributed by atoms with E-state index in [0.717, 1.165) is 34.8 Å². The van der Waals surface area contributed by atoms with Crippen molar-refractivity contribution in [3.63, 3.8) is 0 Å². The van der Waals surface area contributed by atoms with Crippen molar-refractivity contribution in [2.45, 2.75) is 32.9 Å². The first kappa shape index (κ1) is 18.1. The molecule has 1 aromatic heterocycles. The second kappa shape index (κ2) is 7.76. The third-order valence-electron chi connectivity index (χ3n) is 5.07. The number of para-hydroxylation sites is 2. The second-order valence-electron chi connectivity index (χ2n) is 7.01. The van der Waals surface area contributed by atoms with Crippen molar-refractivity contribution < 1.29 is 9.53 Å². The molecule has 0 bridgehead atoms. The summed E-state index contributed by atoms with van der Waals surface area (Å²) in [5.41, 5.74) is 5.17. The maximum Gasteiger partial charge on any atom is 0.315 e. The largest absolute Gasteiger partial charge is 0.488 e. The molecule has 6 nitrogen and oxygen atoms in total. The molecule has 2 N–H and O–H groups in total. The van der Waals surface area contributed by atoms with Crippen LogP contribution in [0.4, 0.5) is 4.79 Å². The van der Waals surface area contributed by atoms with Gasteiger partial charge in [-0.1, -0.05) is 36.4 Å². The van der Waals surface area contributed by atoms with E-state index in [0.29, 0.717) is 13.1 Å². The smallest absolute Gasteiger partial charge is 0.315 e. The van der Waals surface area contributed by atoms with Crippen molar-refractivity contribution in [3.8, 4) is 11.4 Å². The van der Waals surface area contributed by atoms with Gasteiger partial charge in [0.1, 0.15) is 11.9 Å². The Hall–Kier alpha value is -3.28. The van der Waals surface area contributed by atoms with Crippen LogP contribution < -0.4 is 15.4 Å². The van der Waals surface area contributed by atoms with Crippen LogP contribution in [0.3, 0.4) is 0 Å². The van der Waals surface area contributed by atoms with Crippen molar-refractivity contribution in [2.75, 3.05) is 6.54 Å². The minimum atomic E-state index is -0.203. The number of hydrogen-bond donors (Lipinski definition) is 2. The zero-order chi connectivity index (χ0) is 19.5. The van der Waals surface area contributed by atoms with Gasteiger partial charge in [0.15, 0.2) is 0 Å². The minimum Gasteiger partial charge on any atom is -0.488 e. The van der Waals surface area contributed by atoms with Crippen LogP contribution in [-0.4, -0.2) is 28.5 Å². The molecule has 0 saturated heterocycles. The van der Waals surface area contributed by atoms with E-state index in [2.05, 4.69) is 21.8 Å². The van der Waals surface area contributed by atoms with E-state index in [4.69, 9.17) is 4.74 Å². The number of hydrogen-bond acceptors (Lipinski definition) is 3. The lowest BCUT2D eigenvalue weighted by Crippen LogP contribution is -2.40. The molecule has 0 aliphatic carbocycles. The van der Waals surface area contributed by atoms with Gasteiger partial charge in [-0.05, 0) is 37.6 Å². The van der Waals surface area contributed by atoms with Crippen LogP contribution in [0, 0.1) is 13.8 Å². The van der Waals surface area contributed by atoms with E-state index < -0.39 is 0 Å². The Kier molecular flexibility index (Phi) is 5.02. The first-order valence-corrected chi connectivity index (χ1v) is 9.48. The van der Waals surface area contributed by atoms with E-state index in [1.54, 1.807) is 0 Å². The zero-order valence-electron chi connectivity index (χ0n) is 16.1. The van der Waals surface area contributed by atoms with Crippen molar-refractivity contribution in [1.82, 2.24) is 20.4 Å². The number of carbonyl (C=O) groups excluding carboxylic acids is 1. The number of carbonyl (C=O) groups is 1. The Morgan fingerprint density at radius 3 is 2.64 bits per heavy atom. The molecule has 144 valence electrons. The van der Waals surface area contributed by atoms with Crippen LogP contribution in [0.1, 0.15) is 22.5 Å². The molecule has 28 heavy (non-hydrogen) atoms. The summed E-state index contributed by atoms with van der Waals surface area (Å²) in [6, 6.07) is 17.8. The van der Waals surface area contributed by atoms with E-state index >= 15 is 0 Å². The number of rotatable bonds is 5. The number of amides is 2. The van der Waals surface area contributed by atoms with Gasteiger partial charge in [0.25, 0.3) is 0 Å². The topological polar surface area (TPSA) is 68.2 Å². The van der Waals surface area contributed by atoms with Crippen molar-refractivity contribution in [2.24, 2.45) is 0 Å². The average molecular weight is 376 g/mol. The van der Waals surface area contributed by atoms with Crippen LogP contribution >= 0.6 is 0 Å². The maximum atomic E-state index is 12.2.